The van der Waals surface area contributed by atoms with E-state index in [1.54, 1.807) is 5.56 Å². The average Bonchev–Trinajstić information content (AvgIpc) is 3.63. The van der Waals surface area contributed by atoms with Crippen molar-refractivity contribution in [2.24, 2.45) is 17.8 Å². The van der Waals surface area contributed by atoms with Crippen LogP contribution in [0.2, 0.25) is 0 Å². The SMILES string of the molecule is CC1(C)c2ccccc2-c2ccc(N(c3ccc(-c4ccccc4-c4ccc(C56CC7CC(CC(C7)C5)C6)cc4)cc3)c3ccc4c(c3)C(C)(C)c3ccccc3-4)cc21. The quantitative estimate of drug-likeness (QED) is 0.163. The highest BCUT2D eigenvalue weighted by Gasteiger charge is 2.51. The molecule has 0 radical (unpaired) electrons. The van der Waals surface area contributed by atoms with Crippen molar-refractivity contribution in [2.75, 3.05) is 4.90 Å². The molecule has 0 saturated heterocycles. The molecule has 4 bridgehead atoms. The molecular formula is C58H53N. The number of fused-ring (bicyclic) bond motifs is 6. The van der Waals surface area contributed by atoms with Crippen LogP contribution in [0.25, 0.3) is 44.5 Å². The van der Waals surface area contributed by atoms with Gasteiger partial charge in [-0.05, 0) is 170 Å². The van der Waals surface area contributed by atoms with Gasteiger partial charge in [-0.15, -0.1) is 0 Å². The zero-order valence-electron chi connectivity index (χ0n) is 34.9. The van der Waals surface area contributed by atoms with Gasteiger partial charge < -0.3 is 4.90 Å². The van der Waals surface area contributed by atoms with Crippen molar-refractivity contribution < 1.29 is 0 Å². The Bertz CT molecular complexity index is 2660. The molecule has 0 spiro atoms. The maximum absolute atomic E-state index is 2.49. The van der Waals surface area contributed by atoms with Gasteiger partial charge in [0.05, 0.1) is 0 Å². The van der Waals surface area contributed by atoms with Crippen LogP contribution in [0.5, 0.6) is 0 Å². The molecule has 7 aromatic carbocycles. The van der Waals surface area contributed by atoms with Gasteiger partial charge in [0.15, 0.2) is 0 Å². The molecule has 13 rings (SSSR count). The first-order valence-corrected chi connectivity index (χ1v) is 22.3. The number of hydrogen-bond donors (Lipinski definition) is 0. The van der Waals surface area contributed by atoms with Crippen LogP contribution < -0.4 is 4.90 Å². The van der Waals surface area contributed by atoms with E-state index in [0.717, 1.165) is 23.4 Å². The summed E-state index contributed by atoms with van der Waals surface area (Å²) < 4.78 is 0. The van der Waals surface area contributed by atoms with Gasteiger partial charge in [0.25, 0.3) is 0 Å². The van der Waals surface area contributed by atoms with E-state index in [1.165, 1.54) is 117 Å². The highest BCUT2D eigenvalue weighted by molar-refractivity contribution is 5.89. The molecule has 0 aromatic heterocycles. The Morgan fingerprint density at radius 1 is 0.373 bits per heavy atom. The molecule has 0 N–H and O–H groups in total. The Morgan fingerprint density at radius 2 is 0.746 bits per heavy atom. The van der Waals surface area contributed by atoms with E-state index >= 15 is 0 Å². The highest BCUT2D eigenvalue weighted by Crippen LogP contribution is 2.61. The van der Waals surface area contributed by atoms with Gasteiger partial charge >= 0.3 is 0 Å². The lowest BCUT2D eigenvalue weighted by molar-refractivity contribution is -0.00518. The van der Waals surface area contributed by atoms with Crippen LogP contribution in [0.3, 0.4) is 0 Å². The van der Waals surface area contributed by atoms with Gasteiger partial charge in [0, 0.05) is 27.9 Å². The molecule has 0 heterocycles. The number of benzene rings is 7. The summed E-state index contributed by atoms with van der Waals surface area (Å²) in [6.07, 6.45) is 8.69. The number of rotatable bonds is 6. The minimum atomic E-state index is -0.0871. The molecular weight excluding hydrogens is 711 g/mol. The molecule has 4 saturated carbocycles. The summed E-state index contributed by atoms with van der Waals surface area (Å²) in [5.41, 5.74) is 21.5. The third-order valence-corrected chi connectivity index (χ3v) is 15.9. The molecule has 290 valence electrons. The molecule has 6 aliphatic rings. The van der Waals surface area contributed by atoms with Gasteiger partial charge in [-0.25, -0.2) is 0 Å². The first kappa shape index (κ1) is 35.3. The molecule has 0 aliphatic heterocycles. The van der Waals surface area contributed by atoms with Crippen LogP contribution in [-0.2, 0) is 16.2 Å². The lowest BCUT2D eigenvalue weighted by Crippen LogP contribution is -2.48. The standard InChI is InChI=1S/C58H53N/c1-56(2)52-15-9-7-13-48(52)50-27-25-44(32-54(50)56)59(45-26-28-51-49-14-8-10-16-53(49)57(3,4)55(51)33-45)43-23-19-41(20-24-43)47-12-6-5-11-46(47)40-17-21-42(22-18-40)58-34-37-29-38(35-58)31-39(30-37)36-58/h5-28,32-33,37-39H,29-31,34-36H2,1-4H3. The highest BCUT2D eigenvalue weighted by atomic mass is 15.1. The third kappa shape index (κ3) is 5.29. The van der Waals surface area contributed by atoms with Crippen molar-refractivity contribution in [1.82, 2.24) is 0 Å². The van der Waals surface area contributed by atoms with E-state index in [0.29, 0.717) is 5.41 Å². The number of hydrogen-bond acceptors (Lipinski definition) is 1. The fourth-order valence-electron chi connectivity index (χ4n) is 13.4. The van der Waals surface area contributed by atoms with Crippen molar-refractivity contribution in [3.63, 3.8) is 0 Å². The Kier molecular flexibility index (Phi) is 7.58. The Labute approximate surface area is 350 Å². The monoisotopic (exact) mass is 763 g/mol. The molecule has 6 aliphatic carbocycles. The number of nitrogens with zero attached hydrogens (tertiary/aromatic N) is 1. The van der Waals surface area contributed by atoms with Crippen molar-refractivity contribution in [1.29, 1.82) is 0 Å². The van der Waals surface area contributed by atoms with Crippen molar-refractivity contribution in [2.45, 2.75) is 82.5 Å². The van der Waals surface area contributed by atoms with Crippen LogP contribution in [0.1, 0.15) is 94.0 Å². The molecule has 4 fully saturated rings. The zero-order chi connectivity index (χ0) is 39.7. The Morgan fingerprint density at radius 3 is 1.20 bits per heavy atom. The van der Waals surface area contributed by atoms with Gasteiger partial charge in [0.1, 0.15) is 0 Å². The zero-order valence-corrected chi connectivity index (χ0v) is 34.9. The summed E-state index contributed by atoms with van der Waals surface area (Å²) >= 11 is 0. The second kappa shape index (κ2) is 12.7. The first-order chi connectivity index (χ1) is 28.7. The fraction of sp³-hybridized carbons (Fsp3) is 0.276. The normalized spacial score (nSPS) is 23.4. The van der Waals surface area contributed by atoms with Crippen LogP contribution in [-0.4, -0.2) is 0 Å². The number of anilines is 3. The summed E-state index contributed by atoms with van der Waals surface area (Å²) in [7, 11) is 0. The Balaban J connectivity index is 0.929. The van der Waals surface area contributed by atoms with Crippen molar-refractivity contribution >= 4 is 17.1 Å². The second-order valence-electron chi connectivity index (χ2n) is 20.0. The average molecular weight is 764 g/mol. The predicted octanol–water partition coefficient (Wildman–Crippen LogP) is 15.6. The van der Waals surface area contributed by atoms with E-state index in [-0.39, 0.29) is 10.8 Å². The fourth-order valence-corrected chi connectivity index (χ4v) is 13.4. The minimum absolute atomic E-state index is 0.0871. The minimum Gasteiger partial charge on any atom is -0.310 e. The summed E-state index contributed by atoms with van der Waals surface area (Å²) in [4.78, 5) is 2.48. The molecule has 1 heteroatoms. The second-order valence-corrected chi connectivity index (χ2v) is 20.0. The molecule has 59 heavy (non-hydrogen) atoms. The molecule has 0 amide bonds. The van der Waals surface area contributed by atoms with E-state index in [4.69, 9.17) is 0 Å². The van der Waals surface area contributed by atoms with Gasteiger partial charge in [0.2, 0.25) is 0 Å². The topological polar surface area (TPSA) is 3.24 Å². The molecule has 0 atom stereocenters. The predicted molar refractivity (Wildman–Crippen MR) is 247 cm³/mol. The van der Waals surface area contributed by atoms with Crippen LogP contribution in [0.4, 0.5) is 17.1 Å². The largest absolute Gasteiger partial charge is 0.310 e. The van der Waals surface area contributed by atoms with E-state index < -0.39 is 0 Å². The third-order valence-electron chi connectivity index (χ3n) is 15.9. The summed E-state index contributed by atoms with van der Waals surface area (Å²) in [5.74, 6) is 2.87. The lowest BCUT2D eigenvalue weighted by Gasteiger charge is -2.57. The van der Waals surface area contributed by atoms with Crippen molar-refractivity contribution in [3.05, 3.63) is 186 Å². The summed E-state index contributed by atoms with van der Waals surface area (Å²) in [6, 6.07) is 60.4. The van der Waals surface area contributed by atoms with E-state index in [9.17, 15) is 0 Å². The summed E-state index contributed by atoms with van der Waals surface area (Å²) in [6.45, 7) is 9.52. The lowest BCUT2D eigenvalue weighted by atomic mass is 9.48. The van der Waals surface area contributed by atoms with E-state index in [1.807, 2.05) is 0 Å². The van der Waals surface area contributed by atoms with Crippen LogP contribution in [0.15, 0.2) is 158 Å². The maximum atomic E-state index is 2.49. The van der Waals surface area contributed by atoms with Gasteiger partial charge in [-0.1, -0.05) is 149 Å². The maximum Gasteiger partial charge on any atom is 0.0465 e. The smallest absolute Gasteiger partial charge is 0.0465 e. The molecule has 7 aromatic rings. The first-order valence-electron chi connectivity index (χ1n) is 22.3. The van der Waals surface area contributed by atoms with Gasteiger partial charge in [-0.2, -0.15) is 0 Å². The molecule has 1 nitrogen and oxygen atoms in total. The van der Waals surface area contributed by atoms with E-state index in [2.05, 4.69) is 190 Å². The van der Waals surface area contributed by atoms with Crippen molar-refractivity contribution in [3.8, 4) is 44.5 Å². The summed E-state index contributed by atoms with van der Waals surface area (Å²) in [5, 5.41) is 0. The van der Waals surface area contributed by atoms with Crippen LogP contribution in [0, 0.1) is 17.8 Å². The Hall–Kier alpha value is -5.66. The van der Waals surface area contributed by atoms with Crippen LogP contribution >= 0.6 is 0 Å². The molecule has 0 unspecified atom stereocenters. The van der Waals surface area contributed by atoms with Gasteiger partial charge in [-0.3, -0.25) is 0 Å².